The standard InChI is InChI=1S/C18H14INO3/c19-13-6-8-15(9-7-13)22-12-16-10-11-17(23-16)18(21)20-14-4-2-1-3-5-14/h1-11H,12H2,(H,20,21). The Balaban J connectivity index is 1.59. The Hall–Kier alpha value is -2.28. The van der Waals surface area contributed by atoms with E-state index in [-0.39, 0.29) is 18.3 Å². The summed E-state index contributed by atoms with van der Waals surface area (Å²) in [5.41, 5.74) is 0.727. The summed E-state index contributed by atoms with van der Waals surface area (Å²) in [6.45, 7) is 0.277. The van der Waals surface area contributed by atoms with Crippen LogP contribution in [0.4, 0.5) is 5.69 Å². The molecule has 1 amide bonds. The number of furan rings is 1. The van der Waals surface area contributed by atoms with Gasteiger partial charge in [0, 0.05) is 9.26 Å². The Bertz CT molecular complexity index is 782. The fourth-order valence-corrected chi connectivity index (χ4v) is 2.34. The van der Waals surface area contributed by atoms with Crippen LogP contribution in [-0.4, -0.2) is 5.91 Å². The van der Waals surface area contributed by atoms with E-state index in [4.69, 9.17) is 9.15 Å². The predicted octanol–water partition coefficient (Wildman–Crippen LogP) is 4.72. The van der Waals surface area contributed by atoms with E-state index in [1.807, 2.05) is 54.6 Å². The van der Waals surface area contributed by atoms with Gasteiger partial charge in [0.2, 0.25) is 0 Å². The third-order valence-corrected chi connectivity index (χ3v) is 3.83. The lowest BCUT2D eigenvalue weighted by atomic mass is 10.3. The Morgan fingerprint density at radius 1 is 1.00 bits per heavy atom. The van der Waals surface area contributed by atoms with Crippen molar-refractivity contribution in [2.24, 2.45) is 0 Å². The summed E-state index contributed by atoms with van der Waals surface area (Å²) in [7, 11) is 0. The molecule has 0 aliphatic heterocycles. The minimum Gasteiger partial charge on any atom is -0.486 e. The van der Waals surface area contributed by atoms with Crippen molar-refractivity contribution in [1.82, 2.24) is 0 Å². The molecule has 1 aromatic heterocycles. The lowest BCUT2D eigenvalue weighted by molar-refractivity contribution is 0.0992. The number of rotatable bonds is 5. The molecule has 0 unspecified atom stereocenters. The Labute approximate surface area is 147 Å². The first-order chi connectivity index (χ1) is 11.2. The van der Waals surface area contributed by atoms with Crippen molar-refractivity contribution in [3.63, 3.8) is 0 Å². The molecule has 5 heteroatoms. The van der Waals surface area contributed by atoms with Crippen LogP contribution < -0.4 is 10.1 Å². The molecule has 4 nitrogen and oxygen atoms in total. The highest BCUT2D eigenvalue weighted by molar-refractivity contribution is 14.1. The van der Waals surface area contributed by atoms with Gasteiger partial charge in [-0.05, 0) is 71.1 Å². The number of anilines is 1. The molecule has 3 rings (SSSR count). The summed E-state index contributed by atoms with van der Waals surface area (Å²) in [5.74, 6) is 1.34. The van der Waals surface area contributed by atoms with Gasteiger partial charge in [0.1, 0.15) is 18.1 Å². The molecule has 0 aliphatic carbocycles. The largest absolute Gasteiger partial charge is 0.486 e. The summed E-state index contributed by atoms with van der Waals surface area (Å²) in [4.78, 5) is 12.1. The van der Waals surface area contributed by atoms with Crippen LogP contribution >= 0.6 is 22.6 Å². The van der Waals surface area contributed by atoms with E-state index >= 15 is 0 Å². The van der Waals surface area contributed by atoms with E-state index < -0.39 is 0 Å². The fourth-order valence-electron chi connectivity index (χ4n) is 1.98. The maximum atomic E-state index is 12.1. The van der Waals surface area contributed by atoms with Crippen molar-refractivity contribution in [1.29, 1.82) is 0 Å². The summed E-state index contributed by atoms with van der Waals surface area (Å²) in [6, 6.07) is 20.4. The highest BCUT2D eigenvalue weighted by Crippen LogP contribution is 2.17. The van der Waals surface area contributed by atoms with Crippen LogP contribution in [0.2, 0.25) is 0 Å². The number of benzene rings is 2. The quantitative estimate of drug-likeness (QED) is 0.610. The SMILES string of the molecule is O=C(Nc1ccccc1)c1ccc(COc2ccc(I)cc2)o1. The zero-order valence-corrected chi connectivity index (χ0v) is 14.3. The normalized spacial score (nSPS) is 10.3. The highest BCUT2D eigenvalue weighted by Gasteiger charge is 2.11. The molecule has 0 bridgehead atoms. The van der Waals surface area contributed by atoms with Gasteiger partial charge in [0.15, 0.2) is 5.76 Å². The summed E-state index contributed by atoms with van der Waals surface area (Å²) < 4.78 is 12.3. The van der Waals surface area contributed by atoms with Crippen molar-refractivity contribution in [3.05, 3.63) is 81.8 Å². The number of carbonyl (C=O) groups excluding carboxylic acids is 1. The molecule has 0 fully saturated rings. The van der Waals surface area contributed by atoms with E-state index in [1.54, 1.807) is 12.1 Å². The van der Waals surface area contributed by atoms with Crippen LogP contribution in [0.25, 0.3) is 0 Å². The van der Waals surface area contributed by atoms with Gasteiger partial charge < -0.3 is 14.5 Å². The van der Waals surface area contributed by atoms with Crippen molar-refractivity contribution < 1.29 is 13.9 Å². The van der Waals surface area contributed by atoms with Crippen LogP contribution in [0.15, 0.2) is 71.1 Å². The molecule has 0 saturated carbocycles. The topological polar surface area (TPSA) is 51.5 Å². The fraction of sp³-hybridized carbons (Fsp3) is 0.0556. The second kappa shape index (κ2) is 7.32. The first-order valence-corrected chi connectivity index (χ1v) is 8.12. The van der Waals surface area contributed by atoms with Gasteiger partial charge in [-0.1, -0.05) is 18.2 Å². The first-order valence-electron chi connectivity index (χ1n) is 7.04. The molecule has 3 aromatic rings. The summed E-state index contributed by atoms with van der Waals surface area (Å²) in [5, 5.41) is 2.78. The third kappa shape index (κ3) is 4.35. The average Bonchev–Trinajstić information content (AvgIpc) is 3.04. The highest BCUT2D eigenvalue weighted by atomic mass is 127. The van der Waals surface area contributed by atoms with Crippen LogP contribution in [0, 0.1) is 3.57 Å². The van der Waals surface area contributed by atoms with Gasteiger partial charge >= 0.3 is 0 Å². The van der Waals surface area contributed by atoms with Gasteiger partial charge in [0.05, 0.1) is 0 Å². The van der Waals surface area contributed by atoms with Gasteiger partial charge in [-0.3, -0.25) is 4.79 Å². The molecule has 0 radical (unpaired) electrons. The monoisotopic (exact) mass is 419 g/mol. The molecule has 2 aromatic carbocycles. The first kappa shape index (κ1) is 15.6. The van der Waals surface area contributed by atoms with Crippen molar-refractivity contribution >= 4 is 34.2 Å². The Morgan fingerprint density at radius 3 is 2.48 bits per heavy atom. The molecule has 0 saturated heterocycles. The number of halogens is 1. The van der Waals surface area contributed by atoms with Crippen LogP contribution in [0.3, 0.4) is 0 Å². The molecule has 0 spiro atoms. The Kier molecular flexibility index (Phi) is 4.97. The van der Waals surface area contributed by atoms with E-state index in [9.17, 15) is 4.79 Å². The zero-order chi connectivity index (χ0) is 16.1. The maximum absolute atomic E-state index is 12.1. The number of hydrogen-bond donors (Lipinski definition) is 1. The van der Waals surface area contributed by atoms with E-state index in [2.05, 4.69) is 27.9 Å². The number of amides is 1. The average molecular weight is 419 g/mol. The number of ether oxygens (including phenoxy) is 1. The molecular weight excluding hydrogens is 405 g/mol. The summed E-state index contributed by atoms with van der Waals surface area (Å²) >= 11 is 2.24. The number of nitrogens with one attached hydrogen (secondary N) is 1. The molecule has 116 valence electrons. The maximum Gasteiger partial charge on any atom is 0.291 e. The van der Waals surface area contributed by atoms with Crippen LogP contribution in [-0.2, 0) is 6.61 Å². The molecular formula is C18H14INO3. The zero-order valence-electron chi connectivity index (χ0n) is 12.2. The minimum atomic E-state index is -0.281. The second-order valence-corrected chi connectivity index (χ2v) is 6.07. The lowest BCUT2D eigenvalue weighted by Crippen LogP contribution is -2.10. The van der Waals surface area contributed by atoms with Gasteiger partial charge in [-0.15, -0.1) is 0 Å². The lowest BCUT2D eigenvalue weighted by Gasteiger charge is -2.04. The third-order valence-electron chi connectivity index (χ3n) is 3.11. The Morgan fingerprint density at radius 2 is 1.74 bits per heavy atom. The van der Waals surface area contributed by atoms with Gasteiger partial charge in [0.25, 0.3) is 5.91 Å². The van der Waals surface area contributed by atoms with Gasteiger partial charge in [-0.2, -0.15) is 0 Å². The van der Waals surface area contributed by atoms with E-state index in [1.165, 1.54) is 0 Å². The van der Waals surface area contributed by atoms with E-state index in [0.29, 0.717) is 5.76 Å². The predicted molar refractivity (Wildman–Crippen MR) is 96.6 cm³/mol. The molecule has 1 N–H and O–H groups in total. The smallest absolute Gasteiger partial charge is 0.291 e. The van der Waals surface area contributed by atoms with Crippen molar-refractivity contribution in [2.45, 2.75) is 6.61 Å². The molecule has 0 aliphatic rings. The number of carbonyl (C=O) groups is 1. The number of para-hydroxylation sites is 1. The van der Waals surface area contributed by atoms with Crippen LogP contribution in [0.5, 0.6) is 5.75 Å². The summed E-state index contributed by atoms with van der Waals surface area (Å²) in [6.07, 6.45) is 0. The molecule has 0 atom stereocenters. The molecule has 23 heavy (non-hydrogen) atoms. The minimum absolute atomic E-state index is 0.259. The van der Waals surface area contributed by atoms with Crippen LogP contribution in [0.1, 0.15) is 16.3 Å². The molecule has 1 heterocycles. The number of hydrogen-bond acceptors (Lipinski definition) is 3. The van der Waals surface area contributed by atoms with Crippen molar-refractivity contribution in [2.75, 3.05) is 5.32 Å². The van der Waals surface area contributed by atoms with Crippen molar-refractivity contribution in [3.8, 4) is 5.75 Å². The van der Waals surface area contributed by atoms with E-state index in [0.717, 1.165) is 15.0 Å². The second-order valence-electron chi connectivity index (χ2n) is 4.83. The van der Waals surface area contributed by atoms with Gasteiger partial charge in [-0.25, -0.2) is 0 Å².